The van der Waals surface area contributed by atoms with Crippen LogP contribution in [0.2, 0.25) is 0 Å². The topological polar surface area (TPSA) is 81.7 Å². The number of amides is 1. The summed E-state index contributed by atoms with van der Waals surface area (Å²) < 4.78 is 8.61. The minimum Gasteiger partial charge on any atom is -0.461 e. The molecule has 0 aliphatic carbocycles. The Morgan fingerprint density at radius 1 is 1.31 bits per heavy atom. The normalized spacial score (nSPS) is 13.7. The zero-order valence-electron chi connectivity index (χ0n) is 14.7. The maximum atomic E-state index is 12.9. The molecule has 1 aliphatic rings. The predicted molar refractivity (Wildman–Crippen MR) is 92.8 cm³/mol. The van der Waals surface area contributed by atoms with E-state index in [-0.39, 0.29) is 18.2 Å². The van der Waals surface area contributed by atoms with Crippen LogP contribution in [-0.4, -0.2) is 49.1 Å². The number of nitrogens with zero attached hydrogens (tertiary/aromatic N) is 5. The van der Waals surface area contributed by atoms with Crippen LogP contribution in [0.3, 0.4) is 0 Å². The van der Waals surface area contributed by atoms with Gasteiger partial charge in [0.15, 0.2) is 5.69 Å². The van der Waals surface area contributed by atoms with Crippen molar-refractivity contribution in [2.45, 2.75) is 19.9 Å². The van der Waals surface area contributed by atoms with Gasteiger partial charge in [0, 0.05) is 43.7 Å². The number of carbonyl (C=O) groups excluding carboxylic acids is 2. The van der Waals surface area contributed by atoms with Gasteiger partial charge in [0.05, 0.1) is 13.2 Å². The molecular weight excluding hydrogens is 334 g/mol. The molecule has 0 aromatic carbocycles. The Labute approximate surface area is 150 Å². The van der Waals surface area contributed by atoms with Crippen molar-refractivity contribution in [1.82, 2.24) is 24.1 Å². The van der Waals surface area contributed by atoms with Gasteiger partial charge in [-0.05, 0) is 19.1 Å². The highest BCUT2D eigenvalue weighted by Crippen LogP contribution is 2.24. The number of imidazole rings is 1. The first kappa shape index (κ1) is 16.3. The molecule has 26 heavy (non-hydrogen) atoms. The molecule has 4 rings (SSSR count). The van der Waals surface area contributed by atoms with Gasteiger partial charge in [0.25, 0.3) is 5.91 Å². The maximum absolute atomic E-state index is 12.9. The van der Waals surface area contributed by atoms with E-state index >= 15 is 0 Å². The summed E-state index contributed by atoms with van der Waals surface area (Å²) in [6.07, 6.45) is 4.22. The number of aromatic nitrogens is 4. The molecule has 0 unspecified atom stereocenters. The highest BCUT2D eigenvalue weighted by atomic mass is 16.5. The Bertz CT molecular complexity index is 971. The second-order valence-corrected chi connectivity index (χ2v) is 6.19. The largest absolute Gasteiger partial charge is 0.461 e. The van der Waals surface area contributed by atoms with Crippen LogP contribution in [0.4, 0.5) is 0 Å². The summed E-state index contributed by atoms with van der Waals surface area (Å²) in [5.41, 5.74) is 3.13. The van der Waals surface area contributed by atoms with Crippen LogP contribution in [0.1, 0.15) is 39.2 Å². The van der Waals surface area contributed by atoms with Crippen LogP contribution in [-0.2, 0) is 24.8 Å². The predicted octanol–water partition coefficient (Wildman–Crippen LogP) is 1.44. The lowest BCUT2D eigenvalue weighted by atomic mass is 10.0. The molecule has 1 amide bonds. The average Bonchev–Trinajstić information content (AvgIpc) is 3.22. The van der Waals surface area contributed by atoms with Crippen LogP contribution >= 0.6 is 0 Å². The quantitative estimate of drug-likeness (QED) is 0.666. The summed E-state index contributed by atoms with van der Waals surface area (Å²) in [5, 5.41) is 4.30. The Balaban J connectivity index is 1.63. The van der Waals surface area contributed by atoms with E-state index in [0.717, 1.165) is 16.9 Å². The molecule has 0 saturated carbocycles. The first-order valence-corrected chi connectivity index (χ1v) is 8.53. The first-order chi connectivity index (χ1) is 12.6. The van der Waals surface area contributed by atoms with E-state index in [9.17, 15) is 9.59 Å². The summed E-state index contributed by atoms with van der Waals surface area (Å²) in [4.78, 5) is 31.2. The molecule has 1 aliphatic heterocycles. The second kappa shape index (κ2) is 6.29. The minimum absolute atomic E-state index is 0.155. The number of rotatable bonds is 3. The van der Waals surface area contributed by atoms with Gasteiger partial charge in [-0.1, -0.05) is 6.07 Å². The number of ether oxygens (including phenoxy) is 1. The summed E-state index contributed by atoms with van der Waals surface area (Å²) in [5.74, 6) is -0.607. The van der Waals surface area contributed by atoms with Crippen LogP contribution < -0.4 is 0 Å². The van der Waals surface area contributed by atoms with Crippen molar-refractivity contribution in [2.24, 2.45) is 7.05 Å². The van der Waals surface area contributed by atoms with Crippen LogP contribution in [0, 0.1) is 0 Å². The van der Waals surface area contributed by atoms with Gasteiger partial charge in [-0.3, -0.25) is 9.48 Å². The Morgan fingerprint density at radius 3 is 2.92 bits per heavy atom. The van der Waals surface area contributed by atoms with E-state index in [2.05, 4.69) is 10.1 Å². The van der Waals surface area contributed by atoms with E-state index in [4.69, 9.17) is 4.74 Å². The number of hydrogen-bond acceptors (Lipinski definition) is 5. The summed E-state index contributed by atoms with van der Waals surface area (Å²) in [6, 6.07) is 5.62. The van der Waals surface area contributed by atoms with E-state index < -0.39 is 5.97 Å². The highest BCUT2D eigenvalue weighted by Gasteiger charge is 2.31. The molecule has 8 heteroatoms. The molecule has 0 spiro atoms. The lowest BCUT2D eigenvalue weighted by Crippen LogP contribution is -2.37. The van der Waals surface area contributed by atoms with Gasteiger partial charge in [0.1, 0.15) is 11.3 Å². The Kier molecular flexibility index (Phi) is 3.95. The van der Waals surface area contributed by atoms with E-state index in [1.807, 2.05) is 28.8 Å². The fourth-order valence-electron chi connectivity index (χ4n) is 3.33. The molecule has 0 atom stereocenters. The second-order valence-electron chi connectivity index (χ2n) is 6.19. The molecule has 8 nitrogen and oxygen atoms in total. The average molecular weight is 353 g/mol. The van der Waals surface area contributed by atoms with Crippen molar-refractivity contribution in [3.8, 4) is 0 Å². The lowest BCUT2D eigenvalue weighted by molar-refractivity contribution is 0.0513. The molecule has 134 valence electrons. The smallest absolute Gasteiger partial charge is 0.359 e. The van der Waals surface area contributed by atoms with Gasteiger partial charge in [0.2, 0.25) is 0 Å². The monoisotopic (exact) mass is 353 g/mol. The zero-order chi connectivity index (χ0) is 18.3. The van der Waals surface area contributed by atoms with E-state index in [1.54, 1.807) is 29.7 Å². The Morgan fingerprint density at radius 2 is 2.15 bits per heavy atom. The molecule has 3 aromatic rings. The molecule has 0 N–H and O–H groups in total. The van der Waals surface area contributed by atoms with Crippen molar-refractivity contribution in [1.29, 1.82) is 0 Å². The fraction of sp³-hybridized carbons (Fsp3) is 0.333. The van der Waals surface area contributed by atoms with Crippen molar-refractivity contribution in [3.05, 3.63) is 53.2 Å². The van der Waals surface area contributed by atoms with Crippen molar-refractivity contribution in [2.75, 3.05) is 13.2 Å². The van der Waals surface area contributed by atoms with Crippen LogP contribution in [0.5, 0.6) is 0 Å². The maximum Gasteiger partial charge on any atom is 0.359 e. The SMILES string of the molecule is CCOC(=O)c1nn(C)c2c1CN(C(=O)c1cn3ccccc3n1)CC2. The molecule has 0 bridgehead atoms. The van der Waals surface area contributed by atoms with Crippen molar-refractivity contribution < 1.29 is 14.3 Å². The van der Waals surface area contributed by atoms with E-state index in [1.165, 1.54) is 0 Å². The molecule has 4 heterocycles. The number of hydrogen-bond donors (Lipinski definition) is 0. The molecule has 0 radical (unpaired) electrons. The minimum atomic E-state index is -0.452. The number of pyridine rings is 1. The third-order valence-electron chi connectivity index (χ3n) is 4.58. The van der Waals surface area contributed by atoms with Gasteiger partial charge in [-0.25, -0.2) is 9.78 Å². The first-order valence-electron chi connectivity index (χ1n) is 8.53. The third kappa shape index (κ3) is 2.63. The number of aryl methyl sites for hydroxylation is 1. The molecular formula is C18H19N5O3. The zero-order valence-corrected chi connectivity index (χ0v) is 14.7. The summed E-state index contributed by atoms with van der Waals surface area (Å²) in [7, 11) is 1.81. The van der Waals surface area contributed by atoms with Crippen LogP contribution in [0.25, 0.3) is 5.65 Å². The van der Waals surface area contributed by atoms with Gasteiger partial charge >= 0.3 is 5.97 Å². The summed E-state index contributed by atoms with van der Waals surface area (Å²) in [6.45, 7) is 2.92. The van der Waals surface area contributed by atoms with Crippen LogP contribution in [0.15, 0.2) is 30.6 Å². The Hall–Kier alpha value is -3.16. The van der Waals surface area contributed by atoms with Gasteiger partial charge < -0.3 is 14.0 Å². The lowest BCUT2D eigenvalue weighted by Gasteiger charge is -2.26. The molecule has 3 aromatic heterocycles. The highest BCUT2D eigenvalue weighted by molar-refractivity contribution is 5.94. The number of esters is 1. The van der Waals surface area contributed by atoms with Gasteiger partial charge in [-0.2, -0.15) is 5.10 Å². The number of carbonyl (C=O) groups is 2. The van der Waals surface area contributed by atoms with Gasteiger partial charge in [-0.15, -0.1) is 0 Å². The molecule has 0 saturated heterocycles. The van der Waals surface area contributed by atoms with Crippen molar-refractivity contribution in [3.63, 3.8) is 0 Å². The third-order valence-corrected chi connectivity index (χ3v) is 4.58. The fourth-order valence-corrected chi connectivity index (χ4v) is 3.33. The molecule has 0 fully saturated rings. The number of fused-ring (bicyclic) bond motifs is 2. The standard InChI is InChI=1S/C18H19N5O3/c1-3-26-18(25)16-12-10-23(9-7-14(12)21(2)20-16)17(24)13-11-22-8-5-4-6-15(22)19-13/h4-6,8,11H,3,7,9-10H2,1-2H3. The van der Waals surface area contributed by atoms with Crippen molar-refractivity contribution >= 4 is 17.5 Å². The van der Waals surface area contributed by atoms with E-state index in [0.29, 0.717) is 25.2 Å². The summed E-state index contributed by atoms with van der Waals surface area (Å²) >= 11 is 0.